The number of anilines is 2. The molecule has 0 saturated carbocycles. The molecule has 178 valence electrons. The SMILES string of the molecule is COc1cc2c(cc1/C=C1/C(=O)NC(=S)N(c3ccc(Br)cc3C)C1=O)C(C)CC(C)(C)N2C. The summed E-state index contributed by atoms with van der Waals surface area (Å²) in [6, 6.07) is 9.56. The molecule has 4 rings (SSSR count). The highest BCUT2D eigenvalue weighted by Crippen LogP contribution is 2.45. The van der Waals surface area contributed by atoms with Gasteiger partial charge in [0.25, 0.3) is 11.8 Å². The lowest BCUT2D eigenvalue weighted by molar-refractivity contribution is -0.122. The number of nitrogens with zero attached hydrogens (tertiary/aromatic N) is 2. The summed E-state index contributed by atoms with van der Waals surface area (Å²) < 4.78 is 6.57. The summed E-state index contributed by atoms with van der Waals surface area (Å²) in [7, 11) is 3.68. The van der Waals surface area contributed by atoms with Crippen molar-refractivity contribution >= 4 is 62.5 Å². The van der Waals surface area contributed by atoms with Crippen LogP contribution in [0, 0.1) is 6.92 Å². The summed E-state index contributed by atoms with van der Waals surface area (Å²) in [6.07, 6.45) is 2.59. The van der Waals surface area contributed by atoms with Crippen LogP contribution in [0.1, 0.15) is 49.8 Å². The van der Waals surface area contributed by atoms with Crippen molar-refractivity contribution in [3.8, 4) is 5.75 Å². The first-order valence-corrected chi connectivity index (χ1v) is 12.3. The van der Waals surface area contributed by atoms with E-state index in [1.165, 1.54) is 4.90 Å². The summed E-state index contributed by atoms with van der Waals surface area (Å²) >= 11 is 8.80. The molecule has 2 aromatic carbocycles. The van der Waals surface area contributed by atoms with E-state index in [-0.39, 0.29) is 16.2 Å². The minimum absolute atomic E-state index is 0.00585. The van der Waals surface area contributed by atoms with Crippen molar-refractivity contribution in [2.45, 2.75) is 45.6 Å². The van der Waals surface area contributed by atoms with E-state index in [4.69, 9.17) is 17.0 Å². The number of thiocarbonyl (C=S) groups is 1. The van der Waals surface area contributed by atoms with E-state index in [9.17, 15) is 9.59 Å². The summed E-state index contributed by atoms with van der Waals surface area (Å²) in [5.74, 6) is -0.0740. The van der Waals surface area contributed by atoms with Crippen LogP contribution >= 0.6 is 28.1 Å². The molecule has 0 aliphatic carbocycles. The zero-order valence-electron chi connectivity index (χ0n) is 20.2. The number of halogens is 1. The molecule has 1 fully saturated rings. The zero-order valence-corrected chi connectivity index (χ0v) is 22.6. The highest BCUT2D eigenvalue weighted by atomic mass is 79.9. The predicted molar refractivity (Wildman–Crippen MR) is 144 cm³/mol. The lowest BCUT2D eigenvalue weighted by Crippen LogP contribution is -2.54. The van der Waals surface area contributed by atoms with Crippen molar-refractivity contribution in [1.82, 2.24) is 5.32 Å². The van der Waals surface area contributed by atoms with Crippen molar-refractivity contribution in [3.63, 3.8) is 0 Å². The van der Waals surface area contributed by atoms with Gasteiger partial charge in [-0.15, -0.1) is 0 Å². The Morgan fingerprint density at radius 1 is 1.21 bits per heavy atom. The second kappa shape index (κ2) is 8.82. The van der Waals surface area contributed by atoms with Gasteiger partial charge in [0, 0.05) is 34.4 Å². The molecular weight excluding hydrogens is 514 g/mol. The Kier molecular flexibility index (Phi) is 6.33. The average molecular weight is 542 g/mol. The number of methoxy groups -OCH3 is 1. The molecule has 0 radical (unpaired) electrons. The smallest absolute Gasteiger partial charge is 0.270 e. The van der Waals surface area contributed by atoms with Gasteiger partial charge in [0.1, 0.15) is 11.3 Å². The van der Waals surface area contributed by atoms with Crippen LogP contribution in [0.15, 0.2) is 40.4 Å². The Morgan fingerprint density at radius 3 is 2.56 bits per heavy atom. The van der Waals surface area contributed by atoms with E-state index in [2.05, 4.69) is 54.0 Å². The van der Waals surface area contributed by atoms with Gasteiger partial charge in [-0.25, -0.2) is 0 Å². The number of fused-ring (bicyclic) bond motifs is 1. The van der Waals surface area contributed by atoms with Crippen molar-refractivity contribution in [3.05, 3.63) is 57.1 Å². The molecule has 2 aromatic rings. The number of aryl methyl sites for hydroxylation is 1. The quantitative estimate of drug-likeness (QED) is 0.323. The molecule has 34 heavy (non-hydrogen) atoms. The van der Waals surface area contributed by atoms with Gasteiger partial charge < -0.3 is 9.64 Å². The van der Waals surface area contributed by atoms with E-state index >= 15 is 0 Å². The fourth-order valence-electron chi connectivity index (χ4n) is 4.80. The first kappa shape index (κ1) is 24.4. The summed E-state index contributed by atoms with van der Waals surface area (Å²) in [6.45, 7) is 8.54. The molecule has 6 nitrogen and oxygen atoms in total. The fourth-order valence-corrected chi connectivity index (χ4v) is 5.55. The standard InChI is InChI=1S/C26H28BrN3O3S/c1-14-9-17(27)7-8-20(14)30-24(32)19(23(31)28-25(30)34)11-16-10-18-15(2)13-26(3,4)29(5)21(18)12-22(16)33-6/h7-12,15H,13H2,1-6H3,(H,28,31,34)/b19-11-. The maximum Gasteiger partial charge on any atom is 0.270 e. The van der Waals surface area contributed by atoms with Gasteiger partial charge in [0.15, 0.2) is 5.11 Å². The maximum absolute atomic E-state index is 13.5. The van der Waals surface area contributed by atoms with Gasteiger partial charge in [-0.1, -0.05) is 22.9 Å². The number of rotatable bonds is 3. The topological polar surface area (TPSA) is 61.9 Å². The number of carbonyl (C=O) groups excluding carboxylic acids is 2. The third kappa shape index (κ3) is 4.14. The van der Waals surface area contributed by atoms with Gasteiger partial charge >= 0.3 is 0 Å². The van der Waals surface area contributed by atoms with Crippen LogP contribution in [0.2, 0.25) is 0 Å². The summed E-state index contributed by atoms with van der Waals surface area (Å²) in [5, 5.41) is 2.73. The first-order valence-electron chi connectivity index (χ1n) is 11.1. The number of ether oxygens (including phenoxy) is 1. The lowest BCUT2D eigenvalue weighted by atomic mass is 9.79. The Bertz CT molecular complexity index is 1250. The number of amides is 2. The molecule has 2 aliphatic rings. The molecule has 1 N–H and O–H groups in total. The van der Waals surface area contributed by atoms with Gasteiger partial charge in [-0.3, -0.25) is 19.8 Å². The number of hydrogen-bond donors (Lipinski definition) is 1. The van der Waals surface area contributed by atoms with Crippen LogP contribution in [0.3, 0.4) is 0 Å². The third-order valence-electron chi connectivity index (χ3n) is 6.79. The van der Waals surface area contributed by atoms with Gasteiger partial charge in [0.2, 0.25) is 0 Å². The lowest BCUT2D eigenvalue weighted by Gasteiger charge is -2.45. The van der Waals surface area contributed by atoms with Crippen LogP contribution in [0.25, 0.3) is 6.08 Å². The Morgan fingerprint density at radius 2 is 1.91 bits per heavy atom. The molecule has 2 amide bonds. The minimum atomic E-state index is -0.521. The van der Waals surface area contributed by atoms with Gasteiger partial charge in [0.05, 0.1) is 12.8 Å². The van der Waals surface area contributed by atoms with E-state index in [1.54, 1.807) is 19.3 Å². The maximum atomic E-state index is 13.5. The largest absolute Gasteiger partial charge is 0.496 e. The Balaban J connectivity index is 1.81. The Labute approximate surface area is 214 Å². The van der Waals surface area contributed by atoms with Crippen molar-refractivity contribution in [2.24, 2.45) is 0 Å². The van der Waals surface area contributed by atoms with Crippen LogP contribution in [0.5, 0.6) is 5.75 Å². The summed E-state index contributed by atoms with van der Waals surface area (Å²) in [5.41, 5.74) is 4.43. The molecule has 1 saturated heterocycles. The van der Waals surface area contributed by atoms with Gasteiger partial charge in [-0.05, 0) is 86.8 Å². The predicted octanol–water partition coefficient (Wildman–Crippen LogP) is 5.32. The molecule has 8 heteroatoms. The van der Waals surface area contributed by atoms with Crippen LogP contribution < -0.4 is 19.9 Å². The highest BCUT2D eigenvalue weighted by Gasteiger charge is 2.37. The second-order valence-corrected chi connectivity index (χ2v) is 10.8. The normalized spacial score (nSPS) is 21.0. The molecule has 0 aromatic heterocycles. The van der Waals surface area contributed by atoms with Crippen molar-refractivity contribution < 1.29 is 14.3 Å². The van der Waals surface area contributed by atoms with E-state index in [0.29, 0.717) is 22.9 Å². The van der Waals surface area contributed by atoms with Crippen LogP contribution in [-0.4, -0.2) is 36.6 Å². The molecule has 2 heterocycles. The zero-order chi connectivity index (χ0) is 24.9. The number of nitrogens with one attached hydrogen (secondary N) is 1. The molecule has 0 spiro atoms. The average Bonchev–Trinajstić information content (AvgIpc) is 2.75. The number of carbonyl (C=O) groups is 2. The molecule has 0 bridgehead atoms. The monoisotopic (exact) mass is 541 g/mol. The van der Waals surface area contributed by atoms with Gasteiger partial charge in [-0.2, -0.15) is 0 Å². The number of hydrogen-bond acceptors (Lipinski definition) is 5. The molecule has 1 unspecified atom stereocenters. The molecule has 2 aliphatic heterocycles. The Hall–Kier alpha value is -2.71. The second-order valence-electron chi connectivity index (χ2n) is 9.52. The minimum Gasteiger partial charge on any atom is -0.496 e. The van der Waals surface area contributed by atoms with Crippen LogP contribution in [0.4, 0.5) is 11.4 Å². The van der Waals surface area contributed by atoms with Crippen molar-refractivity contribution in [2.75, 3.05) is 24.0 Å². The first-order chi connectivity index (χ1) is 15.9. The van der Waals surface area contributed by atoms with E-state index in [0.717, 1.165) is 27.7 Å². The van der Waals surface area contributed by atoms with Crippen LogP contribution in [-0.2, 0) is 9.59 Å². The highest BCUT2D eigenvalue weighted by molar-refractivity contribution is 9.10. The molecular formula is C26H28BrN3O3S. The third-order valence-corrected chi connectivity index (χ3v) is 7.56. The van der Waals surface area contributed by atoms with E-state index in [1.807, 2.05) is 31.2 Å². The molecule has 1 atom stereocenters. The van der Waals surface area contributed by atoms with Crippen molar-refractivity contribution in [1.29, 1.82) is 0 Å². The fraction of sp³-hybridized carbons (Fsp3) is 0.346. The number of benzene rings is 2. The summed E-state index contributed by atoms with van der Waals surface area (Å²) in [4.78, 5) is 30.0. The van der Waals surface area contributed by atoms with E-state index < -0.39 is 11.8 Å².